The summed E-state index contributed by atoms with van der Waals surface area (Å²) in [5, 5.41) is 3.40. The van der Waals surface area contributed by atoms with Crippen molar-refractivity contribution in [3.8, 4) is 5.75 Å². The summed E-state index contributed by atoms with van der Waals surface area (Å²) in [5.41, 5.74) is 1.63. The van der Waals surface area contributed by atoms with Gasteiger partial charge in [-0.05, 0) is 49.1 Å². The summed E-state index contributed by atoms with van der Waals surface area (Å²) in [6.45, 7) is 6.83. The van der Waals surface area contributed by atoms with Crippen LogP contribution in [0.1, 0.15) is 45.2 Å². The summed E-state index contributed by atoms with van der Waals surface area (Å²) >= 11 is 3.63. The largest absolute Gasteiger partial charge is 0.497 e. The minimum atomic E-state index is 0.355. The number of benzene rings is 1. The summed E-state index contributed by atoms with van der Waals surface area (Å²) in [7, 11) is 3.72. The summed E-state index contributed by atoms with van der Waals surface area (Å²) in [6, 6.07) is 6.49. The molecule has 1 aromatic carbocycles. The molecule has 1 unspecified atom stereocenters. The molecule has 1 aromatic rings. The second-order valence-corrected chi connectivity index (χ2v) is 6.68. The molecule has 1 atom stereocenters. The molecule has 18 heavy (non-hydrogen) atoms. The van der Waals surface area contributed by atoms with Gasteiger partial charge in [-0.15, -0.1) is 0 Å². The summed E-state index contributed by atoms with van der Waals surface area (Å²) < 4.78 is 6.44. The van der Waals surface area contributed by atoms with Crippen LogP contribution in [-0.4, -0.2) is 14.2 Å². The van der Waals surface area contributed by atoms with Gasteiger partial charge in [-0.2, -0.15) is 0 Å². The lowest BCUT2D eigenvalue weighted by Crippen LogP contribution is -2.19. The van der Waals surface area contributed by atoms with Gasteiger partial charge >= 0.3 is 0 Å². The second kappa shape index (κ2) is 6.58. The van der Waals surface area contributed by atoms with Crippen molar-refractivity contribution in [2.75, 3.05) is 14.2 Å². The van der Waals surface area contributed by atoms with Crippen molar-refractivity contribution in [1.29, 1.82) is 0 Å². The Morgan fingerprint density at radius 2 is 2.00 bits per heavy atom. The fraction of sp³-hybridized carbons (Fsp3) is 0.600. The predicted molar refractivity (Wildman–Crippen MR) is 81.2 cm³/mol. The van der Waals surface area contributed by atoms with E-state index in [1.807, 2.05) is 13.1 Å². The minimum Gasteiger partial charge on any atom is -0.497 e. The topological polar surface area (TPSA) is 21.3 Å². The Bertz CT molecular complexity index is 385. The Hall–Kier alpha value is -0.540. The normalized spacial score (nSPS) is 13.4. The average molecular weight is 314 g/mol. The number of halogens is 1. The van der Waals surface area contributed by atoms with Gasteiger partial charge in [0.25, 0.3) is 0 Å². The third-order valence-electron chi connectivity index (χ3n) is 3.11. The van der Waals surface area contributed by atoms with E-state index in [-0.39, 0.29) is 0 Å². The Balaban J connectivity index is 2.87. The molecule has 0 spiro atoms. The molecular weight excluding hydrogens is 290 g/mol. The molecule has 0 aliphatic rings. The molecule has 3 heteroatoms. The highest BCUT2D eigenvalue weighted by molar-refractivity contribution is 9.10. The molecule has 0 fully saturated rings. The molecule has 0 saturated carbocycles. The van der Waals surface area contributed by atoms with Gasteiger partial charge in [0.1, 0.15) is 5.75 Å². The molecule has 1 N–H and O–H groups in total. The van der Waals surface area contributed by atoms with Crippen LogP contribution in [0.15, 0.2) is 22.7 Å². The smallest absolute Gasteiger partial charge is 0.119 e. The first kappa shape index (κ1) is 15.5. The van der Waals surface area contributed by atoms with Crippen LogP contribution < -0.4 is 10.1 Å². The molecule has 0 bridgehead atoms. The fourth-order valence-electron chi connectivity index (χ4n) is 1.95. The molecule has 1 rings (SSSR count). The predicted octanol–water partition coefficient (Wildman–Crippen LogP) is 4.54. The zero-order valence-electron chi connectivity index (χ0n) is 12.0. The minimum absolute atomic E-state index is 0.355. The Morgan fingerprint density at radius 1 is 1.33 bits per heavy atom. The maximum Gasteiger partial charge on any atom is 0.119 e. The lowest BCUT2D eigenvalue weighted by molar-refractivity contribution is 0.337. The second-order valence-electron chi connectivity index (χ2n) is 5.83. The first-order valence-corrected chi connectivity index (χ1v) is 7.17. The van der Waals surface area contributed by atoms with E-state index in [4.69, 9.17) is 4.74 Å². The van der Waals surface area contributed by atoms with E-state index in [1.54, 1.807) is 7.11 Å². The van der Waals surface area contributed by atoms with Crippen LogP contribution in [0, 0.1) is 5.41 Å². The molecule has 0 saturated heterocycles. The van der Waals surface area contributed by atoms with Gasteiger partial charge in [0.15, 0.2) is 0 Å². The van der Waals surface area contributed by atoms with E-state index in [2.05, 4.69) is 54.2 Å². The molecule has 2 nitrogen and oxygen atoms in total. The molecule has 0 amide bonds. The molecule has 102 valence electrons. The summed E-state index contributed by atoms with van der Waals surface area (Å²) in [6.07, 6.45) is 2.30. The van der Waals surface area contributed by atoms with Crippen molar-refractivity contribution < 1.29 is 4.74 Å². The number of hydrogen-bond donors (Lipinski definition) is 1. The van der Waals surface area contributed by atoms with Crippen LogP contribution >= 0.6 is 15.9 Å². The van der Waals surface area contributed by atoms with Gasteiger partial charge in [0.05, 0.1) is 7.11 Å². The van der Waals surface area contributed by atoms with E-state index >= 15 is 0 Å². The lowest BCUT2D eigenvalue weighted by Gasteiger charge is -2.24. The van der Waals surface area contributed by atoms with Crippen molar-refractivity contribution in [1.82, 2.24) is 5.32 Å². The van der Waals surface area contributed by atoms with Crippen LogP contribution in [0.3, 0.4) is 0 Å². The number of ether oxygens (including phenoxy) is 1. The number of hydrogen-bond acceptors (Lipinski definition) is 2. The van der Waals surface area contributed by atoms with Crippen LogP contribution in [0.2, 0.25) is 0 Å². The lowest BCUT2D eigenvalue weighted by atomic mass is 9.87. The third kappa shape index (κ3) is 4.62. The first-order chi connectivity index (χ1) is 8.37. The summed E-state index contributed by atoms with van der Waals surface area (Å²) in [4.78, 5) is 0. The molecular formula is C15H24BrNO. The van der Waals surface area contributed by atoms with Gasteiger partial charge in [0, 0.05) is 10.5 Å². The maximum atomic E-state index is 5.30. The van der Waals surface area contributed by atoms with Crippen LogP contribution in [0.5, 0.6) is 5.75 Å². The summed E-state index contributed by atoms with van der Waals surface area (Å²) in [5.74, 6) is 0.907. The van der Waals surface area contributed by atoms with Gasteiger partial charge in [0.2, 0.25) is 0 Å². The molecule has 0 aliphatic carbocycles. The average Bonchev–Trinajstić information content (AvgIpc) is 2.30. The quantitative estimate of drug-likeness (QED) is 0.861. The van der Waals surface area contributed by atoms with Crippen molar-refractivity contribution in [3.05, 3.63) is 28.2 Å². The van der Waals surface area contributed by atoms with Crippen molar-refractivity contribution in [2.24, 2.45) is 5.41 Å². The number of rotatable bonds is 5. The van der Waals surface area contributed by atoms with E-state index in [9.17, 15) is 0 Å². The zero-order chi connectivity index (χ0) is 13.8. The standard InChI is InChI=1S/C15H24BrNO/c1-15(2,3)9-8-14(17-4)12-10-11(18-5)6-7-13(12)16/h6-7,10,14,17H,8-9H2,1-5H3. The van der Waals surface area contributed by atoms with Crippen LogP contribution in [0.25, 0.3) is 0 Å². The van der Waals surface area contributed by atoms with E-state index in [0.717, 1.165) is 16.6 Å². The van der Waals surface area contributed by atoms with Gasteiger partial charge < -0.3 is 10.1 Å². The van der Waals surface area contributed by atoms with E-state index in [1.165, 1.54) is 12.0 Å². The Labute approximate surface area is 119 Å². The fourth-order valence-corrected chi connectivity index (χ4v) is 2.47. The zero-order valence-corrected chi connectivity index (χ0v) is 13.6. The van der Waals surface area contributed by atoms with Crippen LogP contribution in [0.4, 0.5) is 0 Å². The first-order valence-electron chi connectivity index (χ1n) is 6.38. The highest BCUT2D eigenvalue weighted by Crippen LogP contribution is 2.32. The highest BCUT2D eigenvalue weighted by Gasteiger charge is 2.17. The number of methoxy groups -OCH3 is 1. The van der Waals surface area contributed by atoms with E-state index < -0.39 is 0 Å². The van der Waals surface area contributed by atoms with Crippen molar-refractivity contribution in [2.45, 2.75) is 39.7 Å². The maximum absolute atomic E-state index is 5.30. The van der Waals surface area contributed by atoms with Gasteiger partial charge in [-0.1, -0.05) is 36.7 Å². The van der Waals surface area contributed by atoms with Gasteiger partial charge in [-0.25, -0.2) is 0 Å². The van der Waals surface area contributed by atoms with E-state index in [0.29, 0.717) is 11.5 Å². The molecule has 0 heterocycles. The van der Waals surface area contributed by atoms with Crippen LogP contribution in [-0.2, 0) is 0 Å². The van der Waals surface area contributed by atoms with Crippen molar-refractivity contribution in [3.63, 3.8) is 0 Å². The van der Waals surface area contributed by atoms with Gasteiger partial charge in [-0.3, -0.25) is 0 Å². The molecule has 0 aromatic heterocycles. The Kier molecular flexibility index (Phi) is 5.67. The van der Waals surface area contributed by atoms with Crippen molar-refractivity contribution >= 4 is 15.9 Å². The monoisotopic (exact) mass is 313 g/mol. The Morgan fingerprint density at radius 3 is 2.50 bits per heavy atom. The number of nitrogens with one attached hydrogen (secondary N) is 1. The third-order valence-corrected chi connectivity index (χ3v) is 3.83. The molecule has 0 aliphatic heterocycles. The highest BCUT2D eigenvalue weighted by atomic mass is 79.9. The SMILES string of the molecule is CNC(CCC(C)(C)C)c1cc(OC)ccc1Br. The molecule has 0 radical (unpaired) electrons.